The van der Waals surface area contributed by atoms with Gasteiger partial charge in [0, 0.05) is 44.5 Å². The minimum absolute atomic E-state index is 0.335. The van der Waals surface area contributed by atoms with Crippen molar-refractivity contribution in [1.82, 2.24) is 14.5 Å². The third-order valence-corrected chi connectivity index (χ3v) is 7.48. The van der Waals surface area contributed by atoms with Crippen molar-refractivity contribution in [2.45, 2.75) is 63.5 Å². The van der Waals surface area contributed by atoms with Crippen LogP contribution in [0.5, 0.6) is 5.75 Å². The molecule has 2 aromatic rings. The number of carbonyl (C=O) groups is 1. The van der Waals surface area contributed by atoms with Crippen molar-refractivity contribution in [3.8, 4) is 17.0 Å². The minimum atomic E-state index is -0.361. The summed E-state index contributed by atoms with van der Waals surface area (Å²) < 4.78 is 9.11. The largest absolute Gasteiger partial charge is 0.480 e. The Bertz CT molecular complexity index is 933. The molecule has 1 aromatic carbocycles. The summed E-state index contributed by atoms with van der Waals surface area (Å²) in [5.41, 5.74) is 3.08. The summed E-state index contributed by atoms with van der Waals surface area (Å²) in [5.74, 6) is 2.68. The number of ether oxygens (including phenoxy) is 1. The van der Waals surface area contributed by atoms with Crippen molar-refractivity contribution in [1.29, 1.82) is 0 Å². The molecule has 152 valence electrons. The number of benzene rings is 1. The van der Waals surface area contributed by atoms with E-state index >= 15 is 0 Å². The normalized spacial score (nSPS) is 22.6. The third-order valence-electron chi connectivity index (χ3n) is 7.48. The van der Waals surface area contributed by atoms with E-state index in [0.29, 0.717) is 11.8 Å². The Morgan fingerprint density at radius 3 is 2.62 bits per heavy atom. The van der Waals surface area contributed by atoms with Crippen LogP contribution in [0.3, 0.4) is 0 Å². The average molecular weight is 392 g/mol. The molecule has 0 unspecified atom stereocenters. The molecule has 2 saturated carbocycles. The number of imidazole rings is 1. The zero-order chi connectivity index (χ0) is 19.4. The van der Waals surface area contributed by atoms with E-state index < -0.39 is 0 Å². The van der Waals surface area contributed by atoms with Gasteiger partial charge >= 0.3 is 0 Å². The van der Waals surface area contributed by atoms with Gasteiger partial charge < -0.3 is 14.2 Å². The molecule has 1 aromatic heterocycles. The molecule has 5 nitrogen and oxygen atoms in total. The summed E-state index contributed by atoms with van der Waals surface area (Å²) in [5, 5.41) is 0. The van der Waals surface area contributed by atoms with Crippen molar-refractivity contribution in [2.75, 3.05) is 13.1 Å². The maximum absolute atomic E-state index is 12.6. The second-order valence-corrected chi connectivity index (χ2v) is 9.51. The van der Waals surface area contributed by atoms with Gasteiger partial charge in [-0.25, -0.2) is 4.98 Å². The summed E-state index contributed by atoms with van der Waals surface area (Å²) in [4.78, 5) is 19.6. The van der Waals surface area contributed by atoms with Crippen molar-refractivity contribution in [2.24, 2.45) is 11.8 Å². The van der Waals surface area contributed by atoms with Gasteiger partial charge in [-0.2, -0.15) is 0 Å². The quantitative estimate of drug-likeness (QED) is 0.778. The van der Waals surface area contributed by atoms with Crippen LogP contribution in [0, 0.1) is 11.8 Å². The molecule has 6 rings (SSSR count). The van der Waals surface area contributed by atoms with Crippen molar-refractivity contribution in [3.63, 3.8) is 0 Å². The Hall–Kier alpha value is -2.30. The smallest absolute Gasteiger partial charge is 0.222 e. The number of carbonyl (C=O) groups excluding carboxylic acids is 1. The minimum Gasteiger partial charge on any atom is -0.480 e. The van der Waals surface area contributed by atoms with Crippen LogP contribution in [-0.4, -0.2) is 33.4 Å². The number of aromatic nitrogens is 2. The first-order chi connectivity index (χ1) is 14.2. The fourth-order valence-corrected chi connectivity index (χ4v) is 5.31. The van der Waals surface area contributed by atoms with Gasteiger partial charge in [-0.1, -0.05) is 18.6 Å². The van der Waals surface area contributed by atoms with Crippen LogP contribution >= 0.6 is 0 Å². The van der Waals surface area contributed by atoms with Gasteiger partial charge in [0.25, 0.3) is 0 Å². The Labute approximate surface area is 172 Å². The second kappa shape index (κ2) is 6.61. The maximum atomic E-state index is 12.6. The number of amides is 1. The van der Waals surface area contributed by atoms with Crippen LogP contribution < -0.4 is 4.74 Å². The molecule has 0 atom stereocenters. The van der Waals surface area contributed by atoms with E-state index in [-0.39, 0.29) is 5.60 Å². The molecule has 5 heteroatoms. The van der Waals surface area contributed by atoms with Gasteiger partial charge in [0.1, 0.15) is 5.75 Å². The number of nitrogens with zero attached hydrogens (tertiary/aromatic N) is 3. The molecule has 29 heavy (non-hydrogen) atoms. The molecule has 0 N–H and O–H groups in total. The average Bonchev–Trinajstić information content (AvgIpc) is 3.41. The molecular weight excluding hydrogens is 362 g/mol. The number of piperidine rings is 1. The highest BCUT2D eigenvalue weighted by Crippen LogP contribution is 2.49. The van der Waals surface area contributed by atoms with Crippen LogP contribution in [-0.2, 0) is 16.9 Å². The van der Waals surface area contributed by atoms with Crippen LogP contribution in [0.2, 0.25) is 0 Å². The lowest BCUT2D eigenvalue weighted by atomic mass is 9.82. The van der Waals surface area contributed by atoms with Gasteiger partial charge in [0.2, 0.25) is 5.91 Å². The molecule has 2 aliphatic carbocycles. The van der Waals surface area contributed by atoms with Crippen LogP contribution in [0.1, 0.15) is 57.1 Å². The van der Waals surface area contributed by atoms with Crippen molar-refractivity contribution in [3.05, 3.63) is 36.3 Å². The predicted octanol–water partition coefficient (Wildman–Crippen LogP) is 4.36. The molecule has 3 heterocycles. The van der Waals surface area contributed by atoms with E-state index in [1.54, 1.807) is 0 Å². The third kappa shape index (κ3) is 2.97. The zero-order valence-corrected chi connectivity index (χ0v) is 17.0. The van der Waals surface area contributed by atoms with Gasteiger partial charge in [-0.15, -0.1) is 0 Å². The number of hydrogen-bond donors (Lipinski definition) is 0. The highest BCUT2D eigenvalue weighted by molar-refractivity contribution is 5.77. The van der Waals surface area contributed by atoms with E-state index in [1.165, 1.54) is 37.8 Å². The molecule has 2 aliphatic heterocycles. The Morgan fingerprint density at radius 2 is 1.90 bits per heavy atom. The summed E-state index contributed by atoms with van der Waals surface area (Å²) in [6.45, 7) is 2.60. The van der Waals surface area contributed by atoms with Gasteiger partial charge in [-0.3, -0.25) is 4.79 Å². The summed E-state index contributed by atoms with van der Waals surface area (Å²) in [6, 6.07) is 8.29. The SMILES string of the molecule is O=C(CC1CC1)N1CCC2(CC1)Oc1ccccc1-c1ncn(CC3CCC3)c12. The molecule has 3 fully saturated rings. The maximum Gasteiger partial charge on any atom is 0.222 e. The number of fused-ring (bicyclic) bond motifs is 4. The number of likely N-dealkylation sites (tertiary alicyclic amines) is 1. The fourth-order valence-electron chi connectivity index (χ4n) is 5.31. The predicted molar refractivity (Wildman–Crippen MR) is 110 cm³/mol. The Morgan fingerprint density at radius 1 is 1.10 bits per heavy atom. The molecule has 4 aliphatic rings. The van der Waals surface area contributed by atoms with E-state index in [1.807, 2.05) is 12.4 Å². The molecular formula is C24H29N3O2. The monoisotopic (exact) mass is 391 g/mol. The van der Waals surface area contributed by atoms with Crippen LogP contribution in [0.15, 0.2) is 30.6 Å². The number of hydrogen-bond acceptors (Lipinski definition) is 3. The lowest BCUT2D eigenvalue weighted by molar-refractivity contribution is -0.135. The molecule has 0 bridgehead atoms. The highest BCUT2D eigenvalue weighted by Gasteiger charge is 2.47. The number of rotatable bonds is 4. The highest BCUT2D eigenvalue weighted by atomic mass is 16.5. The van der Waals surface area contributed by atoms with E-state index in [9.17, 15) is 4.79 Å². The summed E-state index contributed by atoms with van der Waals surface area (Å²) in [7, 11) is 0. The lowest BCUT2D eigenvalue weighted by Gasteiger charge is -2.45. The topological polar surface area (TPSA) is 47.4 Å². The lowest BCUT2D eigenvalue weighted by Crippen LogP contribution is -2.50. The van der Waals surface area contributed by atoms with Gasteiger partial charge in [0.05, 0.1) is 17.7 Å². The first-order valence-electron chi connectivity index (χ1n) is 11.3. The van der Waals surface area contributed by atoms with E-state index in [2.05, 4.69) is 27.7 Å². The van der Waals surface area contributed by atoms with E-state index in [4.69, 9.17) is 9.72 Å². The van der Waals surface area contributed by atoms with Crippen molar-refractivity contribution >= 4 is 5.91 Å². The fraction of sp³-hybridized carbons (Fsp3) is 0.583. The molecule has 0 radical (unpaired) electrons. The van der Waals surface area contributed by atoms with Crippen LogP contribution in [0.4, 0.5) is 0 Å². The van der Waals surface area contributed by atoms with Gasteiger partial charge in [-0.05, 0) is 49.7 Å². The summed E-state index contributed by atoms with van der Waals surface area (Å²) in [6.07, 6.45) is 10.9. The first-order valence-corrected chi connectivity index (χ1v) is 11.3. The second-order valence-electron chi connectivity index (χ2n) is 9.51. The Balaban J connectivity index is 1.32. The first kappa shape index (κ1) is 17.5. The molecule has 1 amide bonds. The molecule has 1 spiro atoms. The molecule has 1 saturated heterocycles. The zero-order valence-electron chi connectivity index (χ0n) is 17.0. The van der Waals surface area contributed by atoms with Crippen LogP contribution in [0.25, 0.3) is 11.3 Å². The Kier molecular flexibility index (Phi) is 4.00. The number of para-hydroxylation sites is 1. The van der Waals surface area contributed by atoms with Gasteiger partial charge in [0.15, 0.2) is 5.60 Å². The van der Waals surface area contributed by atoms with Crippen molar-refractivity contribution < 1.29 is 9.53 Å². The standard InChI is InChI=1S/C24H29N3O2/c28-21(14-17-8-9-17)26-12-10-24(11-13-26)23-22(19-6-1-2-7-20(19)29-24)25-16-27(23)15-18-4-3-5-18/h1-2,6-7,16-18H,3-5,8-15H2. The van der Waals surface area contributed by atoms with E-state index in [0.717, 1.165) is 61.8 Å². The summed E-state index contributed by atoms with van der Waals surface area (Å²) >= 11 is 0.